The molecular formula is C13H20N2O2. The number of benzene rings is 1. The maximum Gasteiger partial charge on any atom is 0.119 e. The molecule has 94 valence electrons. The molecule has 0 amide bonds. The fraction of sp³-hybridized carbons (Fsp3) is 0.538. The highest BCUT2D eigenvalue weighted by Gasteiger charge is 2.21. The summed E-state index contributed by atoms with van der Waals surface area (Å²) in [7, 11) is 1.69. The van der Waals surface area contributed by atoms with Crippen molar-refractivity contribution in [1.29, 1.82) is 0 Å². The Morgan fingerprint density at radius 1 is 1.41 bits per heavy atom. The predicted molar refractivity (Wildman–Crippen MR) is 67.2 cm³/mol. The molecule has 4 nitrogen and oxygen atoms in total. The highest BCUT2D eigenvalue weighted by molar-refractivity contribution is 5.30. The molecule has 0 aliphatic carbocycles. The Balaban J connectivity index is 2.15. The lowest BCUT2D eigenvalue weighted by Gasteiger charge is -2.34. The topological polar surface area (TPSA) is 47.7 Å². The number of hydrogen-bond acceptors (Lipinski definition) is 4. The molecule has 1 aliphatic rings. The summed E-state index contributed by atoms with van der Waals surface area (Å²) in [5.41, 5.74) is 7.12. The third kappa shape index (κ3) is 2.97. The number of ether oxygens (including phenoxy) is 2. The molecule has 1 aromatic carbocycles. The number of rotatable bonds is 4. The lowest BCUT2D eigenvalue weighted by molar-refractivity contribution is 0.0178. The maximum atomic E-state index is 5.90. The highest BCUT2D eigenvalue weighted by Crippen LogP contribution is 2.24. The molecule has 0 radical (unpaired) electrons. The lowest BCUT2D eigenvalue weighted by atomic mass is 10.0. The van der Waals surface area contributed by atoms with E-state index < -0.39 is 0 Å². The SMILES string of the molecule is COc1cccc([C@@H](CN)N2CCOCC2)c1. The van der Waals surface area contributed by atoms with Gasteiger partial charge in [0, 0.05) is 25.7 Å². The van der Waals surface area contributed by atoms with Crippen molar-refractivity contribution in [3.63, 3.8) is 0 Å². The molecule has 0 saturated carbocycles. The van der Waals surface area contributed by atoms with Crippen molar-refractivity contribution >= 4 is 0 Å². The van der Waals surface area contributed by atoms with E-state index in [1.54, 1.807) is 7.11 Å². The summed E-state index contributed by atoms with van der Waals surface area (Å²) < 4.78 is 10.6. The van der Waals surface area contributed by atoms with Crippen LogP contribution < -0.4 is 10.5 Å². The van der Waals surface area contributed by atoms with E-state index in [1.165, 1.54) is 5.56 Å². The molecule has 2 rings (SSSR count). The van der Waals surface area contributed by atoms with Crippen molar-refractivity contribution in [1.82, 2.24) is 4.90 Å². The fourth-order valence-electron chi connectivity index (χ4n) is 2.23. The monoisotopic (exact) mass is 236 g/mol. The minimum absolute atomic E-state index is 0.258. The molecule has 4 heteroatoms. The second-order valence-corrected chi connectivity index (χ2v) is 4.18. The van der Waals surface area contributed by atoms with E-state index in [0.29, 0.717) is 6.54 Å². The van der Waals surface area contributed by atoms with Crippen LogP contribution in [0, 0.1) is 0 Å². The van der Waals surface area contributed by atoms with Crippen LogP contribution in [0.15, 0.2) is 24.3 Å². The number of morpholine rings is 1. The first kappa shape index (κ1) is 12.4. The second-order valence-electron chi connectivity index (χ2n) is 4.18. The summed E-state index contributed by atoms with van der Waals surface area (Å²) in [4.78, 5) is 2.37. The Morgan fingerprint density at radius 3 is 2.82 bits per heavy atom. The van der Waals surface area contributed by atoms with Crippen molar-refractivity contribution in [3.8, 4) is 5.75 Å². The average molecular weight is 236 g/mol. The highest BCUT2D eigenvalue weighted by atomic mass is 16.5. The fourth-order valence-corrected chi connectivity index (χ4v) is 2.23. The molecule has 1 aliphatic heterocycles. The Hall–Kier alpha value is -1.10. The Labute approximate surface area is 102 Å². The molecule has 1 heterocycles. The van der Waals surface area contributed by atoms with Crippen molar-refractivity contribution < 1.29 is 9.47 Å². The van der Waals surface area contributed by atoms with Gasteiger partial charge in [-0.05, 0) is 17.7 Å². The first-order valence-corrected chi connectivity index (χ1v) is 6.01. The first-order chi connectivity index (χ1) is 8.35. The minimum atomic E-state index is 0.258. The number of nitrogens with two attached hydrogens (primary N) is 1. The van der Waals surface area contributed by atoms with Gasteiger partial charge in [0.1, 0.15) is 5.75 Å². The van der Waals surface area contributed by atoms with Crippen LogP contribution in [-0.2, 0) is 4.74 Å². The molecule has 1 fully saturated rings. The minimum Gasteiger partial charge on any atom is -0.497 e. The molecule has 1 saturated heterocycles. The molecule has 0 unspecified atom stereocenters. The summed E-state index contributed by atoms with van der Waals surface area (Å²) >= 11 is 0. The molecule has 0 bridgehead atoms. The zero-order chi connectivity index (χ0) is 12.1. The quantitative estimate of drug-likeness (QED) is 0.848. The molecule has 1 aromatic rings. The molecule has 0 spiro atoms. The van der Waals surface area contributed by atoms with Crippen LogP contribution in [0.3, 0.4) is 0 Å². The van der Waals surface area contributed by atoms with Crippen LogP contribution in [0.4, 0.5) is 0 Å². The van der Waals surface area contributed by atoms with E-state index in [9.17, 15) is 0 Å². The third-order valence-corrected chi connectivity index (χ3v) is 3.19. The van der Waals surface area contributed by atoms with Crippen LogP contribution in [0.5, 0.6) is 5.75 Å². The van der Waals surface area contributed by atoms with E-state index in [2.05, 4.69) is 17.0 Å². The van der Waals surface area contributed by atoms with Gasteiger partial charge in [-0.15, -0.1) is 0 Å². The predicted octanol–water partition coefficient (Wildman–Crippen LogP) is 1.03. The zero-order valence-electron chi connectivity index (χ0n) is 10.3. The van der Waals surface area contributed by atoms with E-state index in [-0.39, 0.29) is 6.04 Å². The second kappa shape index (κ2) is 6.00. The van der Waals surface area contributed by atoms with Crippen molar-refractivity contribution in [2.24, 2.45) is 5.73 Å². The summed E-state index contributed by atoms with van der Waals surface area (Å²) in [5.74, 6) is 0.884. The van der Waals surface area contributed by atoms with Gasteiger partial charge in [0.15, 0.2) is 0 Å². The summed E-state index contributed by atoms with van der Waals surface area (Å²) in [6.45, 7) is 4.09. The van der Waals surface area contributed by atoms with Gasteiger partial charge in [-0.1, -0.05) is 12.1 Å². The van der Waals surface area contributed by atoms with E-state index >= 15 is 0 Å². The first-order valence-electron chi connectivity index (χ1n) is 6.01. The Morgan fingerprint density at radius 2 is 2.18 bits per heavy atom. The van der Waals surface area contributed by atoms with Crippen LogP contribution in [0.25, 0.3) is 0 Å². The van der Waals surface area contributed by atoms with Gasteiger partial charge in [-0.3, -0.25) is 4.90 Å². The summed E-state index contributed by atoms with van der Waals surface area (Å²) in [5, 5.41) is 0. The molecule has 1 atom stereocenters. The van der Waals surface area contributed by atoms with Crippen LogP contribution in [0.2, 0.25) is 0 Å². The number of methoxy groups -OCH3 is 1. The van der Waals surface area contributed by atoms with Crippen molar-refractivity contribution in [2.45, 2.75) is 6.04 Å². The van der Waals surface area contributed by atoms with Gasteiger partial charge >= 0.3 is 0 Å². The number of hydrogen-bond donors (Lipinski definition) is 1. The van der Waals surface area contributed by atoms with Gasteiger partial charge < -0.3 is 15.2 Å². The largest absolute Gasteiger partial charge is 0.497 e. The zero-order valence-corrected chi connectivity index (χ0v) is 10.3. The van der Waals surface area contributed by atoms with Gasteiger partial charge in [-0.25, -0.2) is 0 Å². The van der Waals surface area contributed by atoms with Gasteiger partial charge in [-0.2, -0.15) is 0 Å². The number of nitrogens with zero attached hydrogens (tertiary/aromatic N) is 1. The van der Waals surface area contributed by atoms with Crippen LogP contribution >= 0.6 is 0 Å². The molecule has 2 N–H and O–H groups in total. The van der Waals surface area contributed by atoms with Gasteiger partial charge in [0.05, 0.1) is 20.3 Å². The Bertz CT molecular complexity index is 351. The maximum absolute atomic E-state index is 5.90. The lowest BCUT2D eigenvalue weighted by Crippen LogP contribution is -2.41. The average Bonchev–Trinajstić information content (AvgIpc) is 2.41. The van der Waals surface area contributed by atoms with Gasteiger partial charge in [0.25, 0.3) is 0 Å². The normalized spacial score (nSPS) is 18.9. The molecule has 0 aromatic heterocycles. The van der Waals surface area contributed by atoms with Crippen LogP contribution in [-0.4, -0.2) is 44.9 Å². The smallest absolute Gasteiger partial charge is 0.119 e. The summed E-state index contributed by atoms with van der Waals surface area (Å²) in [6.07, 6.45) is 0. The van der Waals surface area contributed by atoms with E-state index in [4.69, 9.17) is 15.2 Å². The van der Waals surface area contributed by atoms with Crippen molar-refractivity contribution in [3.05, 3.63) is 29.8 Å². The Kier molecular flexibility index (Phi) is 4.36. The summed E-state index contributed by atoms with van der Waals surface area (Å²) in [6, 6.07) is 8.39. The standard InChI is InChI=1S/C13H20N2O2/c1-16-12-4-2-3-11(9-12)13(10-14)15-5-7-17-8-6-15/h2-4,9,13H,5-8,10,14H2,1H3/t13-/m1/s1. The molecular weight excluding hydrogens is 216 g/mol. The molecule has 17 heavy (non-hydrogen) atoms. The van der Waals surface area contributed by atoms with E-state index in [0.717, 1.165) is 32.1 Å². The van der Waals surface area contributed by atoms with Crippen LogP contribution in [0.1, 0.15) is 11.6 Å². The van der Waals surface area contributed by atoms with Gasteiger partial charge in [0.2, 0.25) is 0 Å². The van der Waals surface area contributed by atoms with E-state index in [1.807, 2.05) is 12.1 Å². The van der Waals surface area contributed by atoms with Crippen molar-refractivity contribution in [2.75, 3.05) is 40.0 Å². The third-order valence-electron chi connectivity index (χ3n) is 3.19.